The number of rotatable bonds is 2. The lowest BCUT2D eigenvalue weighted by molar-refractivity contribution is -0.138. The Kier molecular flexibility index (Phi) is 3.36. The van der Waals surface area contributed by atoms with Gasteiger partial charge in [-0.05, 0) is 49.8 Å². The van der Waals surface area contributed by atoms with Crippen molar-refractivity contribution in [3.63, 3.8) is 0 Å². The number of hydrogen-bond acceptors (Lipinski definition) is 2. The number of carboxylic acid groups (broad SMARTS) is 1. The molecule has 17 heavy (non-hydrogen) atoms. The number of aryl methyl sites for hydroxylation is 1. The third-order valence-electron chi connectivity index (χ3n) is 3.61. The summed E-state index contributed by atoms with van der Waals surface area (Å²) in [6, 6.07) is 3.58. The zero-order valence-corrected chi connectivity index (χ0v) is 10.1. The molecule has 0 saturated heterocycles. The van der Waals surface area contributed by atoms with Gasteiger partial charge >= 0.3 is 5.97 Å². The van der Waals surface area contributed by atoms with E-state index in [9.17, 15) is 9.90 Å². The monoisotopic (exact) mass is 234 g/mol. The summed E-state index contributed by atoms with van der Waals surface area (Å²) in [5.74, 6) is -1.39. The number of aliphatic carboxylic acids is 1. The fourth-order valence-electron chi connectivity index (χ4n) is 2.63. The van der Waals surface area contributed by atoms with Gasteiger partial charge in [-0.2, -0.15) is 0 Å². The van der Waals surface area contributed by atoms with Crippen molar-refractivity contribution in [1.29, 1.82) is 0 Å². The van der Waals surface area contributed by atoms with Crippen molar-refractivity contribution >= 4 is 5.97 Å². The van der Waals surface area contributed by atoms with Crippen LogP contribution >= 0.6 is 0 Å². The van der Waals surface area contributed by atoms with Crippen molar-refractivity contribution in [3.8, 4) is 5.75 Å². The summed E-state index contributed by atoms with van der Waals surface area (Å²) < 4.78 is 0. The van der Waals surface area contributed by atoms with E-state index in [4.69, 9.17) is 5.11 Å². The van der Waals surface area contributed by atoms with E-state index in [0.717, 1.165) is 31.2 Å². The number of hydrogen-bond donors (Lipinski definition) is 2. The van der Waals surface area contributed by atoms with Crippen molar-refractivity contribution in [2.45, 2.75) is 44.9 Å². The zero-order chi connectivity index (χ0) is 12.4. The number of aromatic hydroxyl groups is 1. The van der Waals surface area contributed by atoms with Crippen LogP contribution in [0.4, 0.5) is 0 Å². The lowest BCUT2D eigenvalue weighted by Gasteiger charge is -2.17. The molecule has 3 nitrogen and oxygen atoms in total. The van der Waals surface area contributed by atoms with E-state index < -0.39 is 11.9 Å². The molecule has 0 bridgehead atoms. The Morgan fingerprint density at radius 1 is 1.24 bits per heavy atom. The summed E-state index contributed by atoms with van der Waals surface area (Å²) in [6.45, 7) is 1.64. The number of benzene rings is 1. The minimum absolute atomic E-state index is 0.126. The molecule has 0 aromatic heterocycles. The molecule has 1 aliphatic carbocycles. The molecule has 1 aromatic carbocycles. The fourth-order valence-corrected chi connectivity index (χ4v) is 2.63. The lowest BCUT2D eigenvalue weighted by atomic mass is 9.89. The highest BCUT2D eigenvalue weighted by Gasteiger charge is 2.23. The number of fused-ring (bicyclic) bond motifs is 1. The van der Waals surface area contributed by atoms with Gasteiger partial charge < -0.3 is 10.2 Å². The lowest BCUT2D eigenvalue weighted by Crippen LogP contribution is -2.11. The van der Waals surface area contributed by atoms with E-state index in [1.807, 2.05) is 6.07 Å². The van der Waals surface area contributed by atoms with Gasteiger partial charge in [0.2, 0.25) is 0 Å². The maximum atomic E-state index is 11.1. The molecule has 1 unspecified atom stereocenters. The average molecular weight is 234 g/mol. The van der Waals surface area contributed by atoms with E-state index in [-0.39, 0.29) is 5.75 Å². The van der Waals surface area contributed by atoms with Gasteiger partial charge in [-0.25, -0.2) is 0 Å². The third-order valence-corrected chi connectivity index (χ3v) is 3.61. The van der Waals surface area contributed by atoms with Crippen LogP contribution in [0, 0.1) is 0 Å². The van der Waals surface area contributed by atoms with Crippen molar-refractivity contribution in [3.05, 3.63) is 28.8 Å². The normalized spacial score (nSPS) is 17.0. The zero-order valence-electron chi connectivity index (χ0n) is 10.1. The summed E-state index contributed by atoms with van der Waals surface area (Å²) >= 11 is 0. The maximum absolute atomic E-state index is 11.1. The highest BCUT2D eigenvalue weighted by atomic mass is 16.4. The van der Waals surface area contributed by atoms with Crippen LogP contribution in [0.25, 0.3) is 0 Å². The first-order valence-electron chi connectivity index (χ1n) is 6.17. The van der Waals surface area contributed by atoms with E-state index in [0.29, 0.717) is 5.56 Å². The molecular weight excluding hydrogens is 216 g/mol. The molecule has 0 radical (unpaired) electrons. The van der Waals surface area contributed by atoms with Crippen LogP contribution in [0.5, 0.6) is 5.75 Å². The smallest absolute Gasteiger partial charge is 0.310 e. The van der Waals surface area contributed by atoms with Gasteiger partial charge in [-0.3, -0.25) is 4.79 Å². The molecule has 0 spiro atoms. The van der Waals surface area contributed by atoms with Crippen LogP contribution in [0.1, 0.15) is 48.8 Å². The Balaban J connectivity index is 2.52. The third kappa shape index (κ3) is 2.28. The van der Waals surface area contributed by atoms with Gasteiger partial charge in [0, 0.05) is 5.56 Å². The standard InChI is InChI=1S/C14H18O3/c1-9(14(16)17)13-11-6-4-2-3-5-10(11)7-8-12(13)15/h7-9,15H,2-6H2,1H3,(H,16,17). The summed E-state index contributed by atoms with van der Waals surface area (Å²) in [6.07, 6.45) is 5.29. The van der Waals surface area contributed by atoms with E-state index in [2.05, 4.69) is 0 Å². The molecule has 0 fully saturated rings. The molecule has 3 heteroatoms. The molecule has 0 aliphatic heterocycles. The van der Waals surface area contributed by atoms with Crippen LogP contribution in [-0.2, 0) is 17.6 Å². The second-order valence-electron chi connectivity index (χ2n) is 4.76. The summed E-state index contributed by atoms with van der Waals surface area (Å²) in [5.41, 5.74) is 2.90. The average Bonchev–Trinajstić information content (AvgIpc) is 2.53. The molecular formula is C14H18O3. The number of carbonyl (C=O) groups is 1. The van der Waals surface area contributed by atoms with Gasteiger partial charge in [0.1, 0.15) is 5.75 Å². The Morgan fingerprint density at radius 3 is 2.65 bits per heavy atom. The Bertz CT molecular complexity index is 437. The van der Waals surface area contributed by atoms with Gasteiger partial charge in [0.25, 0.3) is 0 Å². The molecule has 1 aliphatic rings. The first-order valence-corrected chi connectivity index (χ1v) is 6.17. The molecule has 1 atom stereocenters. The summed E-state index contributed by atoms with van der Waals surface area (Å²) in [7, 11) is 0. The quantitative estimate of drug-likeness (QED) is 0.773. The second kappa shape index (κ2) is 4.78. The first kappa shape index (κ1) is 12.0. The topological polar surface area (TPSA) is 57.5 Å². The first-order chi connectivity index (χ1) is 8.11. The predicted octanol–water partition coefficient (Wildman–Crippen LogP) is 2.85. The SMILES string of the molecule is CC(C(=O)O)c1c(O)ccc2c1CCCCC2. The molecule has 0 heterocycles. The highest BCUT2D eigenvalue weighted by Crippen LogP contribution is 2.35. The number of phenols is 1. The van der Waals surface area contributed by atoms with E-state index in [1.165, 1.54) is 12.0 Å². The molecule has 0 amide bonds. The van der Waals surface area contributed by atoms with Crippen LogP contribution in [0.3, 0.4) is 0 Å². The molecule has 1 aromatic rings. The van der Waals surface area contributed by atoms with Crippen LogP contribution in [0.2, 0.25) is 0 Å². The molecule has 2 N–H and O–H groups in total. The van der Waals surface area contributed by atoms with Gasteiger partial charge in [0.05, 0.1) is 5.92 Å². The maximum Gasteiger partial charge on any atom is 0.310 e. The van der Waals surface area contributed by atoms with Crippen molar-refractivity contribution < 1.29 is 15.0 Å². The van der Waals surface area contributed by atoms with Gasteiger partial charge in [-0.15, -0.1) is 0 Å². The van der Waals surface area contributed by atoms with Crippen LogP contribution < -0.4 is 0 Å². The second-order valence-corrected chi connectivity index (χ2v) is 4.76. The van der Waals surface area contributed by atoms with Crippen molar-refractivity contribution in [2.24, 2.45) is 0 Å². The Hall–Kier alpha value is -1.51. The Morgan fingerprint density at radius 2 is 1.94 bits per heavy atom. The minimum atomic E-state index is -0.877. The molecule has 0 saturated carbocycles. The van der Waals surface area contributed by atoms with Crippen molar-refractivity contribution in [2.75, 3.05) is 0 Å². The van der Waals surface area contributed by atoms with E-state index >= 15 is 0 Å². The molecule has 2 rings (SSSR count). The number of carboxylic acids is 1. The number of phenolic OH excluding ortho intramolecular Hbond substituents is 1. The van der Waals surface area contributed by atoms with Crippen LogP contribution in [0.15, 0.2) is 12.1 Å². The summed E-state index contributed by atoms with van der Waals surface area (Å²) in [4.78, 5) is 11.1. The fraction of sp³-hybridized carbons (Fsp3) is 0.500. The van der Waals surface area contributed by atoms with Crippen LogP contribution in [-0.4, -0.2) is 16.2 Å². The minimum Gasteiger partial charge on any atom is -0.508 e. The van der Waals surface area contributed by atoms with Gasteiger partial charge in [0.15, 0.2) is 0 Å². The largest absolute Gasteiger partial charge is 0.508 e. The van der Waals surface area contributed by atoms with Crippen molar-refractivity contribution in [1.82, 2.24) is 0 Å². The predicted molar refractivity (Wildman–Crippen MR) is 65.4 cm³/mol. The molecule has 92 valence electrons. The van der Waals surface area contributed by atoms with Gasteiger partial charge in [-0.1, -0.05) is 12.5 Å². The Labute approximate surface area is 101 Å². The highest BCUT2D eigenvalue weighted by molar-refractivity contribution is 5.77. The summed E-state index contributed by atoms with van der Waals surface area (Å²) in [5, 5.41) is 19.0. The van der Waals surface area contributed by atoms with E-state index in [1.54, 1.807) is 13.0 Å².